The number of non-ortho nitro benzene ring substituents is 1. The Morgan fingerprint density at radius 2 is 1.89 bits per heavy atom. The molecule has 3 aromatic carbocycles. The van der Waals surface area contributed by atoms with Gasteiger partial charge in [0.15, 0.2) is 11.0 Å². The summed E-state index contributed by atoms with van der Waals surface area (Å²) in [5.74, 6) is 0.883. The summed E-state index contributed by atoms with van der Waals surface area (Å²) in [6.45, 7) is 0. The van der Waals surface area contributed by atoms with Gasteiger partial charge in [-0.3, -0.25) is 19.5 Å². The van der Waals surface area contributed by atoms with Crippen LogP contribution >= 0.6 is 11.8 Å². The van der Waals surface area contributed by atoms with Crippen molar-refractivity contribution in [3.8, 4) is 22.8 Å². The predicted octanol–water partition coefficient (Wildman–Crippen LogP) is 4.09. The molecule has 0 spiro atoms. The Kier molecular flexibility index (Phi) is 7.48. The SMILES string of the molecule is COc1ccc(/C=N/NC(=O)CSc2nnc(-c3cccc([N+](=O)[O-])c3)n2-c2ccccc2)cc1. The minimum absolute atomic E-state index is 0.0415. The normalized spacial score (nSPS) is 10.9. The van der Waals surface area contributed by atoms with Crippen molar-refractivity contribution in [1.82, 2.24) is 20.2 Å². The van der Waals surface area contributed by atoms with Gasteiger partial charge in [-0.05, 0) is 42.0 Å². The van der Waals surface area contributed by atoms with Gasteiger partial charge in [-0.25, -0.2) is 5.43 Å². The van der Waals surface area contributed by atoms with Gasteiger partial charge in [0.2, 0.25) is 0 Å². The molecule has 4 aromatic rings. The highest BCUT2D eigenvalue weighted by Gasteiger charge is 2.19. The standard InChI is InChI=1S/C24H20N6O4S/c1-34-21-12-10-17(11-13-21)15-25-26-22(31)16-35-24-28-27-23(29(24)19-7-3-2-4-8-19)18-6-5-9-20(14-18)30(32)33/h2-15H,16H2,1H3,(H,26,31)/b25-15+. The van der Waals surface area contributed by atoms with Crippen LogP contribution in [0.1, 0.15) is 5.56 Å². The number of hydrogen-bond donors (Lipinski definition) is 1. The maximum Gasteiger partial charge on any atom is 0.270 e. The molecule has 0 aliphatic heterocycles. The molecule has 1 N–H and O–H groups in total. The Labute approximate surface area is 204 Å². The number of nitro groups is 1. The number of methoxy groups -OCH3 is 1. The number of para-hydroxylation sites is 1. The van der Waals surface area contributed by atoms with E-state index in [0.717, 1.165) is 17.0 Å². The Balaban J connectivity index is 1.50. The van der Waals surface area contributed by atoms with Crippen LogP contribution in [-0.2, 0) is 4.79 Å². The number of hydrazone groups is 1. The van der Waals surface area contributed by atoms with Crippen molar-refractivity contribution in [3.63, 3.8) is 0 Å². The first kappa shape index (κ1) is 23.6. The quantitative estimate of drug-likeness (QED) is 0.163. The molecule has 0 fully saturated rings. The summed E-state index contributed by atoms with van der Waals surface area (Å²) in [4.78, 5) is 23.1. The second-order valence-electron chi connectivity index (χ2n) is 7.14. The first-order chi connectivity index (χ1) is 17.0. The van der Waals surface area contributed by atoms with Gasteiger partial charge in [0.25, 0.3) is 11.6 Å². The Hall–Kier alpha value is -4.51. The lowest BCUT2D eigenvalue weighted by molar-refractivity contribution is -0.384. The smallest absolute Gasteiger partial charge is 0.270 e. The van der Waals surface area contributed by atoms with Gasteiger partial charge in [0.05, 0.1) is 24.0 Å². The molecule has 0 aliphatic rings. The number of thioether (sulfide) groups is 1. The lowest BCUT2D eigenvalue weighted by Crippen LogP contribution is -2.20. The summed E-state index contributed by atoms with van der Waals surface area (Å²) in [5, 5.41) is 24.2. The maximum atomic E-state index is 12.4. The van der Waals surface area contributed by atoms with Crippen LogP contribution < -0.4 is 10.2 Å². The third-order valence-corrected chi connectivity index (χ3v) is 5.74. The van der Waals surface area contributed by atoms with Crippen LogP contribution in [-0.4, -0.2) is 44.7 Å². The average molecular weight is 489 g/mol. The topological polar surface area (TPSA) is 125 Å². The lowest BCUT2D eigenvalue weighted by atomic mass is 10.2. The first-order valence-electron chi connectivity index (χ1n) is 10.4. The zero-order chi connectivity index (χ0) is 24.6. The number of hydrogen-bond acceptors (Lipinski definition) is 8. The van der Waals surface area contributed by atoms with Gasteiger partial charge in [-0.2, -0.15) is 5.10 Å². The van der Waals surface area contributed by atoms with E-state index in [1.807, 2.05) is 42.5 Å². The van der Waals surface area contributed by atoms with Gasteiger partial charge in [0, 0.05) is 23.4 Å². The summed E-state index contributed by atoms with van der Waals surface area (Å²) in [5.41, 5.74) is 4.56. The number of carbonyl (C=O) groups is 1. The van der Waals surface area contributed by atoms with Crippen molar-refractivity contribution in [2.75, 3.05) is 12.9 Å². The van der Waals surface area contributed by atoms with Gasteiger partial charge in [0.1, 0.15) is 5.75 Å². The average Bonchev–Trinajstić information content (AvgIpc) is 3.32. The molecule has 4 rings (SSSR count). The largest absolute Gasteiger partial charge is 0.497 e. The maximum absolute atomic E-state index is 12.4. The molecule has 176 valence electrons. The van der Waals surface area contributed by atoms with Crippen LogP contribution in [0.25, 0.3) is 17.1 Å². The summed E-state index contributed by atoms with van der Waals surface area (Å²) in [7, 11) is 1.59. The third-order valence-electron chi connectivity index (χ3n) is 4.81. The molecule has 0 unspecified atom stereocenters. The van der Waals surface area contributed by atoms with Crippen LogP contribution in [0.4, 0.5) is 5.69 Å². The highest BCUT2D eigenvalue weighted by molar-refractivity contribution is 7.99. The molecule has 0 bridgehead atoms. The van der Waals surface area contributed by atoms with Gasteiger partial charge in [-0.1, -0.05) is 42.1 Å². The van der Waals surface area contributed by atoms with E-state index in [2.05, 4.69) is 20.7 Å². The number of benzene rings is 3. The number of aromatic nitrogens is 3. The van der Waals surface area contributed by atoms with E-state index in [1.54, 1.807) is 35.9 Å². The van der Waals surface area contributed by atoms with E-state index in [-0.39, 0.29) is 17.3 Å². The van der Waals surface area contributed by atoms with Crippen molar-refractivity contribution < 1.29 is 14.5 Å². The van der Waals surface area contributed by atoms with E-state index in [4.69, 9.17) is 4.74 Å². The van der Waals surface area contributed by atoms with E-state index in [9.17, 15) is 14.9 Å². The van der Waals surface area contributed by atoms with Crippen LogP contribution in [0.3, 0.4) is 0 Å². The molecule has 1 aromatic heterocycles. The molecule has 0 saturated heterocycles. The molecular formula is C24H20N6O4S. The van der Waals surface area contributed by atoms with Crippen LogP contribution in [0.5, 0.6) is 5.75 Å². The second kappa shape index (κ2) is 11.1. The fraction of sp³-hybridized carbons (Fsp3) is 0.0833. The van der Waals surface area contributed by atoms with Crippen LogP contribution in [0.2, 0.25) is 0 Å². The van der Waals surface area contributed by atoms with Crippen molar-refractivity contribution >= 4 is 29.6 Å². The number of nitrogens with one attached hydrogen (secondary N) is 1. The molecule has 0 atom stereocenters. The van der Waals surface area contributed by atoms with Gasteiger partial charge < -0.3 is 4.74 Å². The van der Waals surface area contributed by atoms with E-state index >= 15 is 0 Å². The Bertz CT molecular complexity index is 1360. The number of amides is 1. The Morgan fingerprint density at radius 1 is 1.11 bits per heavy atom. The minimum Gasteiger partial charge on any atom is -0.497 e. The predicted molar refractivity (Wildman–Crippen MR) is 133 cm³/mol. The van der Waals surface area contributed by atoms with Crippen LogP contribution in [0, 0.1) is 10.1 Å². The molecule has 35 heavy (non-hydrogen) atoms. The minimum atomic E-state index is -0.459. The number of rotatable bonds is 9. The number of ether oxygens (including phenoxy) is 1. The Morgan fingerprint density at radius 3 is 2.60 bits per heavy atom. The number of carbonyl (C=O) groups excluding carboxylic acids is 1. The molecule has 0 saturated carbocycles. The van der Waals surface area contributed by atoms with E-state index in [1.165, 1.54) is 30.1 Å². The highest BCUT2D eigenvalue weighted by Crippen LogP contribution is 2.29. The molecule has 0 aliphatic carbocycles. The van der Waals surface area contributed by atoms with Gasteiger partial charge in [-0.15, -0.1) is 10.2 Å². The van der Waals surface area contributed by atoms with E-state index < -0.39 is 4.92 Å². The molecule has 10 nitrogen and oxygen atoms in total. The fourth-order valence-electron chi connectivity index (χ4n) is 3.15. The van der Waals surface area contributed by atoms with E-state index in [0.29, 0.717) is 16.5 Å². The summed E-state index contributed by atoms with van der Waals surface area (Å²) in [6, 6.07) is 22.8. The zero-order valence-electron chi connectivity index (χ0n) is 18.6. The zero-order valence-corrected chi connectivity index (χ0v) is 19.4. The summed E-state index contributed by atoms with van der Waals surface area (Å²) >= 11 is 1.18. The monoisotopic (exact) mass is 488 g/mol. The molecule has 11 heteroatoms. The van der Waals surface area contributed by atoms with Crippen LogP contribution in [0.15, 0.2) is 89.1 Å². The second-order valence-corrected chi connectivity index (χ2v) is 8.08. The number of nitrogens with zero attached hydrogens (tertiary/aromatic N) is 5. The summed E-state index contributed by atoms with van der Waals surface area (Å²) < 4.78 is 6.88. The molecular weight excluding hydrogens is 468 g/mol. The van der Waals surface area contributed by atoms with Crippen molar-refractivity contribution in [3.05, 3.63) is 94.5 Å². The van der Waals surface area contributed by atoms with Crippen molar-refractivity contribution in [2.45, 2.75) is 5.16 Å². The van der Waals surface area contributed by atoms with Crippen molar-refractivity contribution in [1.29, 1.82) is 0 Å². The molecule has 0 radical (unpaired) electrons. The van der Waals surface area contributed by atoms with Gasteiger partial charge >= 0.3 is 0 Å². The number of nitro benzene ring substituents is 1. The lowest BCUT2D eigenvalue weighted by Gasteiger charge is -2.10. The summed E-state index contributed by atoms with van der Waals surface area (Å²) in [6.07, 6.45) is 1.54. The first-order valence-corrected chi connectivity index (χ1v) is 11.4. The third kappa shape index (κ3) is 5.89. The molecule has 1 amide bonds. The fourth-order valence-corrected chi connectivity index (χ4v) is 3.89. The van der Waals surface area contributed by atoms with Crippen molar-refractivity contribution in [2.24, 2.45) is 5.10 Å². The highest BCUT2D eigenvalue weighted by atomic mass is 32.2. The molecule has 1 heterocycles.